The summed E-state index contributed by atoms with van der Waals surface area (Å²) in [4.78, 5) is 17.1. The highest BCUT2D eigenvalue weighted by atomic mass is 32.2. The van der Waals surface area contributed by atoms with Crippen molar-refractivity contribution in [2.45, 2.75) is 25.9 Å². The summed E-state index contributed by atoms with van der Waals surface area (Å²) in [7, 11) is 1.61. The van der Waals surface area contributed by atoms with Crippen molar-refractivity contribution < 1.29 is 14.3 Å². The van der Waals surface area contributed by atoms with Crippen molar-refractivity contribution in [1.29, 1.82) is 0 Å². The van der Waals surface area contributed by atoms with E-state index in [1.165, 1.54) is 0 Å². The number of aromatic nitrogens is 1. The van der Waals surface area contributed by atoms with Gasteiger partial charge < -0.3 is 9.47 Å². The first-order valence-electron chi connectivity index (χ1n) is 7.27. The first-order valence-corrected chi connectivity index (χ1v) is 8.43. The Kier molecular flexibility index (Phi) is 4.00. The summed E-state index contributed by atoms with van der Waals surface area (Å²) in [5, 5.41) is 0.768. The Balaban J connectivity index is 2.02. The average Bonchev–Trinajstić information content (AvgIpc) is 2.92. The van der Waals surface area contributed by atoms with Gasteiger partial charge in [-0.1, -0.05) is 0 Å². The molecule has 1 aliphatic rings. The van der Waals surface area contributed by atoms with Gasteiger partial charge in [0.2, 0.25) is 0 Å². The first kappa shape index (κ1) is 15.2. The highest BCUT2D eigenvalue weighted by Crippen LogP contribution is 2.33. The van der Waals surface area contributed by atoms with E-state index in [1.807, 2.05) is 43.8 Å². The second-order valence-corrected chi connectivity index (χ2v) is 6.94. The number of carbonyl (C=O) groups is 1. The van der Waals surface area contributed by atoms with Crippen LogP contribution >= 0.6 is 11.8 Å². The summed E-state index contributed by atoms with van der Waals surface area (Å²) in [5.41, 5.74) is 1.76. The van der Waals surface area contributed by atoms with E-state index in [-0.39, 0.29) is 11.6 Å². The second-order valence-electron chi connectivity index (χ2n) is 5.84. The molecule has 1 aliphatic heterocycles. The van der Waals surface area contributed by atoms with Gasteiger partial charge in [-0.2, -0.15) is 11.8 Å². The number of hydrogen-bond acceptors (Lipinski definition) is 5. The topological polar surface area (TPSA) is 48.4 Å². The number of ether oxygens (including phenoxy) is 2. The fourth-order valence-corrected chi connectivity index (χ4v) is 4.00. The number of nitrogens with zero attached hydrogens (tertiary/aromatic N) is 1. The maximum Gasteiger partial charge on any atom is 0.339 e. The van der Waals surface area contributed by atoms with Crippen molar-refractivity contribution in [3.05, 3.63) is 35.5 Å². The summed E-state index contributed by atoms with van der Waals surface area (Å²) >= 11 is 1.82. The van der Waals surface area contributed by atoms with Crippen LogP contribution < -0.4 is 4.74 Å². The molecule has 4 nitrogen and oxygen atoms in total. The van der Waals surface area contributed by atoms with Crippen molar-refractivity contribution in [2.75, 3.05) is 18.6 Å². The summed E-state index contributed by atoms with van der Waals surface area (Å²) in [5.74, 6) is 2.31. The number of thioether (sulfide) groups is 1. The van der Waals surface area contributed by atoms with Crippen LogP contribution in [0.15, 0.2) is 24.3 Å². The van der Waals surface area contributed by atoms with Crippen LogP contribution in [0, 0.1) is 6.92 Å². The van der Waals surface area contributed by atoms with Crippen LogP contribution in [-0.4, -0.2) is 35.2 Å². The van der Waals surface area contributed by atoms with E-state index in [4.69, 9.17) is 9.47 Å². The maximum absolute atomic E-state index is 12.7. The Hall–Kier alpha value is -1.75. The van der Waals surface area contributed by atoms with Gasteiger partial charge in [0.1, 0.15) is 11.4 Å². The zero-order valence-corrected chi connectivity index (χ0v) is 13.8. The molecular weight excluding hydrogens is 298 g/mol. The summed E-state index contributed by atoms with van der Waals surface area (Å²) in [6, 6.07) is 7.34. The summed E-state index contributed by atoms with van der Waals surface area (Å²) < 4.78 is 11.1. The molecule has 22 heavy (non-hydrogen) atoms. The molecule has 0 amide bonds. The molecule has 1 fully saturated rings. The Morgan fingerprint density at radius 1 is 1.36 bits per heavy atom. The molecule has 2 heterocycles. The van der Waals surface area contributed by atoms with E-state index in [2.05, 4.69) is 4.98 Å². The van der Waals surface area contributed by atoms with Crippen molar-refractivity contribution >= 4 is 28.6 Å². The number of pyridine rings is 1. The third-order valence-corrected chi connectivity index (χ3v) is 5.19. The lowest BCUT2D eigenvalue weighted by Gasteiger charge is -2.23. The van der Waals surface area contributed by atoms with Crippen LogP contribution in [0.5, 0.6) is 5.75 Å². The number of carbonyl (C=O) groups excluding carboxylic acids is 1. The van der Waals surface area contributed by atoms with Crippen molar-refractivity contribution in [3.8, 4) is 5.75 Å². The van der Waals surface area contributed by atoms with Crippen LogP contribution in [0.25, 0.3) is 10.9 Å². The van der Waals surface area contributed by atoms with Gasteiger partial charge in [-0.15, -0.1) is 0 Å². The first-order chi connectivity index (χ1) is 10.5. The maximum atomic E-state index is 12.7. The van der Waals surface area contributed by atoms with Gasteiger partial charge in [0.15, 0.2) is 0 Å². The van der Waals surface area contributed by atoms with Crippen LogP contribution in [0.3, 0.4) is 0 Å². The van der Waals surface area contributed by atoms with E-state index in [1.54, 1.807) is 13.2 Å². The van der Waals surface area contributed by atoms with Gasteiger partial charge >= 0.3 is 5.97 Å². The molecule has 0 N–H and O–H groups in total. The predicted molar refractivity (Wildman–Crippen MR) is 88.8 cm³/mol. The summed E-state index contributed by atoms with van der Waals surface area (Å²) in [6.45, 7) is 3.88. The smallest absolute Gasteiger partial charge is 0.339 e. The lowest BCUT2D eigenvalue weighted by atomic mass is 10.0. The molecule has 5 heteroatoms. The van der Waals surface area contributed by atoms with Crippen LogP contribution in [0.4, 0.5) is 0 Å². The minimum Gasteiger partial charge on any atom is -0.497 e. The summed E-state index contributed by atoms with van der Waals surface area (Å²) in [6.07, 6.45) is 0.898. The molecule has 116 valence electrons. The number of fused-ring (bicyclic) bond motifs is 1. The SMILES string of the molecule is COc1ccc2nc(C)cc(C(=O)O[C@]3(C)CCSC3)c2c1. The van der Waals surface area contributed by atoms with E-state index in [9.17, 15) is 4.79 Å². The van der Waals surface area contributed by atoms with E-state index in [0.717, 1.165) is 34.5 Å². The van der Waals surface area contributed by atoms with Crippen molar-refractivity contribution in [1.82, 2.24) is 4.98 Å². The number of methoxy groups -OCH3 is 1. The van der Waals surface area contributed by atoms with Gasteiger partial charge in [0, 0.05) is 16.8 Å². The highest BCUT2D eigenvalue weighted by Gasteiger charge is 2.34. The molecule has 1 aromatic carbocycles. The Bertz CT molecular complexity index is 723. The molecule has 0 bridgehead atoms. The number of rotatable bonds is 3. The largest absolute Gasteiger partial charge is 0.497 e. The molecule has 1 saturated heterocycles. The standard InChI is InChI=1S/C17H19NO3S/c1-11-8-14(16(19)21-17(2)6-7-22-10-17)13-9-12(20-3)4-5-15(13)18-11/h4-5,8-9H,6-7,10H2,1-3H3/t17-/m1/s1. The predicted octanol–water partition coefficient (Wildman–Crippen LogP) is 3.60. The Morgan fingerprint density at radius 3 is 2.86 bits per heavy atom. The average molecular weight is 317 g/mol. The molecule has 2 aromatic rings. The Morgan fingerprint density at radius 2 is 2.18 bits per heavy atom. The van der Waals surface area contributed by atoms with E-state index in [0.29, 0.717) is 11.3 Å². The molecule has 1 aromatic heterocycles. The molecule has 0 unspecified atom stereocenters. The van der Waals surface area contributed by atoms with E-state index < -0.39 is 0 Å². The molecule has 0 spiro atoms. The van der Waals surface area contributed by atoms with E-state index >= 15 is 0 Å². The fourth-order valence-electron chi connectivity index (χ4n) is 2.64. The van der Waals surface area contributed by atoms with Crippen LogP contribution in [-0.2, 0) is 4.74 Å². The lowest BCUT2D eigenvalue weighted by Crippen LogP contribution is -2.31. The number of hydrogen-bond donors (Lipinski definition) is 0. The monoisotopic (exact) mass is 317 g/mol. The molecular formula is C17H19NO3S. The normalized spacial score (nSPS) is 21.0. The molecule has 0 radical (unpaired) electrons. The number of aryl methyl sites for hydroxylation is 1. The molecule has 0 aliphatic carbocycles. The minimum absolute atomic E-state index is 0.284. The van der Waals surface area contributed by atoms with Crippen LogP contribution in [0.2, 0.25) is 0 Å². The highest BCUT2D eigenvalue weighted by molar-refractivity contribution is 7.99. The third kappa shape index (κ3) is 2.90. The third-order valence-electron chi connectivity index (χ3n) is 3.89. The number of benzene rings is 1. The van der Waals surface area contributed by atoms with Crippen LogP contribution in [0.1, 0.15) is 29.4 Å². The number of esters is 1. The second kappa shape index (κ2) is 5.80. The fraction of sp³-hybridized carbons (Fsp3) is 0.412. The van der Waals surface area contributed by atoms with Gasteiger partial charge in [-0.25, -0.2) is 4.79 Å². The van der Waals surface area contributed by atoms with Gasteiger partial charge in [0.05, 0.1) is 18.2 Å². The zero-order chi connectivity index (χ0) is 15.7. The molecule has 3 rings (SSSR count). The van der Waals surface area contributed by atoms with Gasteiger partial charge in [0.25, 0.3) is 0 Å². The minimum atomic E-state index is -0.371. The lowest BCUT2D eigenvalue weighted by molar-refractivity contribution is 0.00267. The quantitative estimate of drug-likeness (QED) is 0.810. The van der Waals surface area contributed by atoms with Gasteiger partial charge in [-0.3, -0.25) is 4.98 Å². The zero-order valence-electron chi connectivity index (χ0n) is 13.0. The van der Waals surface area contributed by atoms with Crippen molar-refractivity contribution in [2.24, 2.45) is 0 Å². The Labute approximate surface area is 134 Å². The molecule has 0 saturated carbocycles. The van der Waals surface area contributed by atoms with Gasteiger partial charge in [-0.05, 0) is 50.3 Å². The van der Waals surface area contributed by atoms with Crippen molar-refractivity contribution in [3.63, 3.8) is 0 Å². The molecule has 1 atom stereocenters.